The normalized spacial score (nSPS) is 10.9. The first-order valence-corrected chi connectivity index (χ1v) is 7.59. The Hall–Kier alpha value is -2.28. The summed E-state index contributed by atoms with van der Waals surface area (Å²) in [5.74, 6) is 0.330. The van der Waals surface area contributed by atoms with Gasteiger partial charge in [0.2, 0.25) is 0 Å². The summed E-state index contributed by atoms with van der Waals surface area (Å²) in [4.78, 5) is 0. The number of para-hydroxylation sites is 1. The maximum atomic E-state index is 9.98. The molecule has 0 unspecified atom stereocenters. The fraction of sp³-hybridized carbons (Fsp3) is 0.200. The topological polar surface area (TPSA) is 20.2 Å². The molecule has 0 aliphatic carbocycles. The minimum Gasteiger partial charge on any atom is -0.507 e. The van der Waals surface area contributed by atoms with Crippen molar-refractivity contribution < 1.29 is 5.11 Å². The van der Waals surface area contributed by atoms with E-state index in [4.69, 9.17) is 0 Å². The van der Waals surface area contributed by atoms with Gasteiger partial charge in [0.1, 0.15) is 5.75 Å². The molecule has 0 spiro atoms. The summed E-state index contributed by atoms with van der Waals surface area (Å²) in [7, 11) is 0. The van der Waals surface area contributed by atoms with Crippen LogP contribution < -0.4 is 0 Å². The summed E-state index contributed by atoms with van der Waals surface area (Å²) in [6.07, 6.45) is 3.61. The van der Waals surface area contributed by atoms with Crippen LogP contribution in [0.3, 0.4) is 0 Å². The second-order valence-electron chi connectivity index (χ2n) is 5.52. The standard InChI is InChI=1S/C20H20O/c1-2-3-6-15-9-10-17-14-18(12-11-16(17)13-15)19-7-4-5-8-20(19)21/h4-5,7-14,21H,2-3,6H2,1H3. The Morgan fingerprint density at radius 1 is 0.857 bits per heavy atom. The molecule has 3 rings (SSSR count). The molecule has 0 heterocycles. The summed E-state index contributed by atoms with van der Waals surface area (Å²) in [6.45, 7) is 2.22. The number of benzene rings is 3. The highest BCUT2D eigenvalue weighted by molar-refractivity contribution is 5.88. The Labute approximate surface area is 125 Å². The molecule has 3 aromatic carbocycles. The molecule has 0 fully saturated rings. The lowest BCUT2D eigenvalue weighted by molar-refractivity contribution is 0.477. The molecule has 1 N–H and O–H groups in total. The molecule has 21 heavy (non-hydrogen) atoms. The third-order valence-electron chi connectivity index (χ3n) is 3.94. The molecule has 0 atom stereocenters. The Morgan fingerprint density at radius 3 is 2.43 bits per heavy atom. The van der Waals surface area contributed by atoms with E-state index in [1.807, 2.05) is 18.2 Å². The van der Waals surface area contributed by atoms with Gasteiger partial charge in [0.15, 0.2) is 0 Å². The molecule has 1 nitrogen and oxygen atoms in total. The molecule has 3 aromatic rings. The first-order valence-electron chi connectivity index (χ1n) is 7.59. The average molecular weight is 276 g/mol. The zero-order valence-corrected chi connectivity index (χ0v) is 12.3. The summed E-state index contributed by atoms with van der Waals surface area (Å²) in [5, 5.41) is 12.5. The maximum Gasteiger partial charge on any atom is 0.123 e. The second kappa shape index (κ2) is 6.01. The smallest absolute Gasteiger partial charge is 0.123 e. The molecule has 0 amide bonds. The molecule has 0 saturated carbocycles. The van der Waals surface area contributed by atoms with Crippen molar-refractivity contribution in [3.8, 4) is 16.9 Å². The van der Waals surface area contributed by atoms with Gasteiger partial charge in [-0.3, -0.25) is 0 Å². The van der Waals surface area contributed by atoms with Crippen molar-refractivity contribution in [2.24, 2.45) is 0 Å². The van der Waals surface area contributed by atoms with Gasteiger partial charge in [0.05, 0.1) is 0 Å². The van der Waals surface area contributed by atoms with E-state index < -0.39 is 0 Å². The van der Waals surface area contributed by atoms with Crippen molar-refractivity contribution >= 4 is 10.8 Å². The highest BCUT2D eigenvalue weighted by Gasteiger charge is 2.04. The average Bonchev–Trinajstić information content (AvgIpc) is 2.53. The zero-order valence-electron chi connectivity index (χ0n) is 12.3. The first-order chi connectivity index (χ1) is 10.3. The number of hydrogen-bond donors (Lipinski definition) is 1. The molecule has 0 aliphatic rings. The van der Waals surface area contributed by atoms with E-state index in [0.717, 1.165) is 17.5 Å². The van der Waals surface area contributed by atoms with Gasteiger partial charge < -0.3 is 5.11 Å². The molecule has 0 bridgehead atoms. The highest BCUT2D eigenvalue weighted by Crippen LogP contribution is 2.31. The van der Waals surface area contributed by atoms with Gasteiger partial charge in [-0.2, -0.15) is 0 Å². The number of phenolic OH excluding ortho intramolecular Hbond substituents is 1. The summed E-state index contributed by atoms with van der Waals surface area (Å²) in [5.41, 5.74) is 3.34. The van der Waals surface area contributed by atoms with Gasteiger partial charge in [0.25, 0.3) is 0 Å². The fourth-order valence-electron chi connectivity index (χ4n) is 2.72. The van der Waals surface area contributed by atoms with Crippen LogP contribution in [0.2, 0.25) is 0 Å². The molecular formula is C20H20O. The molecule has 106 valence electrons. The van der Waals surface area contributed by atoms with Crippen molar-refractivity contribution in [1.82, 2.24) is 0 Å². The largest absolute Gasteiger partial charge is 0.507 e. The summed E-state index contributed by atoms with van der Waals surface area (Å²) in [6, 6.07) is 20.5. The number of rotatable bonds is 4. The molecule has 0 aromatic heterocycles. The Morgan fingerprint density at radius 2 is 1.62 bits per heavy atom. The SMILES string of the molecule is CCCCc1ccc2cc(-c3ccccc3O)ccc2c1. The van der Waals surface area contributed by atoms with Crippen LogP contribution in [0.5, 0.6) is 5.75 Å². The minimum atomic E-state index is 0.330. The van der Waals surface area contributed by atoms with Gasteiger partial charge >= 0.3 is 0 Å². The monoisotopic (exact) mass is 276 g/mol. The predicted octanol–water partition coefficient (Wildman–Crippen LogP) is 5.56. The molecule has 0 saturated heterocycles. The number of aromatic hydroxyl groups is 1. The lowest BCUT2D eigenvalue weighted by Gasteiger charge is -2.08. The zero-order chi connectivity index (χ0) is 14.7. The second-order valence-corrected chi connectivity index (χ2v) is 5.52. The number of aryl methyl sites for hydroxylation is 1. The van der Waals surface area contributed by atoms with Crippen LogP contribution in [-0.2, 0) is 6.42 Å². The Balaban J connectivity index is 1.99. The van der Waals surface area contributed by atoms with E-state index >= 15 is 0 Å². The lowest BCUT2D eigenvalue weighted by atomic mass is 9.98. The van der Waals surface area contributed by atoms with E-state index in [0.29, 0.717) is 5.75 Å². The van der Waals surface area contributed by atoms with Crippen LogP contribution in [0.1, 0.15) is 25.3 Å². The van der Waals surface area contributed by atoms with E-state index in [1.54, 1.807) is 6.07 Å². The van der Waals surface area contributed by atoms with E-state index in [1.165, 1.54) is 29.2 Å². The minimum absolute atomic E-state index is 0.330. The van der Waals surface area contributed by atoms with E-state index in [9.17, 15) is 5.11 Å². The van der Waals surface area contributed by atoms with Gasteiger partial charge in [-0.1, -0.05) is 61.9 Å². The van der Waals surface area contributed by atoms with Crippen molar-refractivity contribution in [3.63, 3.8) is 0 Å². The molecule has 0 aliphatic heterocycles. The van der Waals surface area contributed by atoms with Gasteiger partial charge in [-0.15, -0.1) is 0 Å². The first kappa shape index (κ1) is 13.7. The van der Waals surface area contributed by atoms with Crippen molar-refractivity contribution in [3.05, 3.63) is 66.2 Å². The van der Waals surface area contributed by atoms with Crippen LogP contribution in [0.15, 0.2) is 60.7 Å². The van der Waals surface area contributed by atoms with Crippen LogP contribution in [0.4, 0.5) is 0 Å². The van der Waals surface area contributed by atoms with Crippen LogP contribution >= 0.6 is 0 Å². The quantitative estimate of drug-likeness (QED) is 0.662. The van der Waals surface area contributed by atoms with Gasteiger partial charge in [0, 0.05) is 5.56 Å². The molecule has 1 heteroatoms. The number of hydrogen-bond acceptors (Lipinski definition) is 1. The third-order valence-corrected chi connectivity index (χ3v) is 3.94. The van der Waals surface area contributed by atoms with Gasteiger partial charge in [-0.05, 0) is 46.9 Å². The van der Waals surface area contributed by atoms with E-state index in [-0.39, 0.29) is 0 Å². The van der Waals surface area contributed by atoms with Crippen LogP contribution in [0.25, 0.3) is 21.9 Å². The Bertz CT molecular complexity index is 759. The van der Waals surface area contributed by atoms with Crippen molar-refractivity contribution in [2.75, 3.05) is 0 Å². The predicted molar refractivity (Wildman–Crippen MR) is 89.7 cm³/mol. The maximum absolute atomic E-state index is 9.98. The molecule has 0 radical (unpaired) electrons. The van der Waals surface area contributed by atoms with Crippen molar-refractivity contribution in [2.45, 2.75) is 26.2 Å². The number of fused-ring (bicyclic) bond motifs is 1. The third kappa shape index (κ3) is 2.92. The van der Waals surface area contributed by atoms with Crippen LogP contribution in [0, 0.1) is 0 Å². The number of unbranched alkanes of at least 4 members (excludes halogenated alkanes) is 1. The van der Waals surface area contributed by atoms with Crippen LogP contribution in [-0.4, -0.2) is 5.11 Å². The fourth-order valence-corrected chi connectivity index (χ4v) is 2.72. The van der Waals surface area contributed by atoms with Gasteiger partial charge in [-0.25, -0.2) is 0 Å². The number of phenols is 1. The van der Waals surface area contributed by atoms with E-state index in [2.05, 4.69) is 43.3 Å². The summed E-state index contributed by atoms with van der Waals surface area (Å²) < 4.78 is 0. The molecular weight excluding hydrogens is 256 g/mol. The Kier molecular flexibility index (Phi) is 3.92. The summed E-state index contributed by atoms with van der Waals surface area (Å²) >= 11 is 0. The lowest BCUT2D eigenvalue weighted by Crippen LogP contribution is -1.85. The highest BCUT2D eigenvalue weighted by atomic mass is 16.3. The van der Waals surface area contributed by atoms with Crippen molar-refractivity contribution in [1.29, 1.82) is 0 Å².